The van der Waals surface area contributed by atoms with Gasteiger partial charge in [0.15, 0.2) is 4.80 Å². The monoisotopic (exact) mass is 545 g/mol. The first-order valence-electron chi connectivity index (χ1n) is 12.4. The Hall–Kier alpha value is -2.82. The van der Waals surface area contributed by atoms with Gasteiger partial charge in [-0.3, -0.25) is 9.59 Å². The zero-order valence-corrected chi connectivity index (χ0v) is 23.9. The highest BCUT2D eigenvalue weighted by Gasteiger charge is 2.26. The molecule has 0 aliphatic carbocycles. The predicted molar refractivity (Wildman–Crippen MR) is 146 cm³/mol. The Morgan fingerprint density at radius 3 is 2.22 bits per heavy atom. The summed E-state index contributed by atoms with van der Waals surface area (Å²) in [7, 11) is -3.70. The number of carbonyl (C=O) groups excluding carboxylic acids is 2. The van der Waals surface area contributed by atoms with Crippen LogP contribution in [-0.4, -0.2) is 48.9 Å². The second kappa shape index (κ2) is 12.1. The number of fused-ring (bicyclic) bond motifs is 1. The van der Waals surface area contributed by atoms with Crippen molar-refractivity contribution in [1.29, 1.82) is 0 Å². The third kappa shape index (κ3) is 6.94. The fourth-order valence-electron chi connectivity index (χ4n) is 4.03. The minimum atomic E-state index is -3.70. The summed E-state index contributed by atoms with van der Waals surface area (Å²) in [6, 6.07) is 11.6. The summed E-state index contributed by atoms with van der Waals surface area (Å²) in [5, 5.41) is 0. The van der Waals surface area contributed by atoms with Gasteiger partial charge >= 0.3 is 5.97 Å². The number of nitrogens with zero attached hydrogens (tertiary/aromatic N) is 3. The van der Waals surface area contributed by atoms with Gasteiger partial charge in [0.2, 0.25) is 10.0 Å². The van der Waals surface area contributed by atoms with Crippen LogP contribution < -0.4 is 4.80 Å². The van der Waals surface area contributed by atoms with E-state index >= 15 is 0 Å². The molecule has 0 atom stereocenters. The average molecular weight is 546 g/mol. The van der Waals surface area contributed by atoms with Gasteiger partial charge in [0.25, 0.3) is 5.91 Å². The van der Waals surface area contributed by atoms with Gasteiger partial charge in [-0.2, -0.15) is 9.30 Å². The fraction of sp³-hybridized carbons (Fsp3) is 0.444. The van der Waals surface area contributed by atoms with E-state index in [1.54, 1.807) is 11.5 Å². The van der Waals surface area contributed by atoms with Crippen LogP contribution in [0.2, 0.25) is 0 Å². The molecule has 1 amide bonds. The topological polar surface area (TPSA) is 98.0 Å². The first-order valence-corrected chi connectivity index (χ1v) is 14.6. The lowest BCUT2D eigenvalue weighted by molar-refractivity contribution is -0.143. The molecule has 0 aliphatic heterocycles. The van der Waals surface area contributed by atoms with Gasteiger partial charge in [-0.1, -0.05) is 51.2 Å². The van der Waals surface area contributed by atoms with Crippen LogP contribution in [0.5, 0.6) is 0 Å². The predicted octanol–water partition coefficient (Wildman–Crippen LogP) is 4.62. The van der Waals surface area contributed by atoms with Gasteiger partial charge in [-0.05, 0) is 61.6 Å². The Kier molecular flexibility index (Phi) is 9.44. The normalized spacial score (nSPS) is 12.7. The first-order chi connectivity index (χ1) is 17.4. The van der Waals surface area contributed by atoms with Crippen molar-refractivity contribution in [2.75, 3.05) is 19.7 Å². The molecule has 3 aromatic rings. The first kappa shape index (κ1) is 28.7. The van der Waals surface area contributed by atoms with Gasteiger partial charge in [-0.15, -0.1) is 0 Å². The van der Waals surface area contributed by atoms with E-state index in [2.05, 4.69) is 4.99 Å². The molecule has 0 saturated heterocycles. The number of amides is 1. The van der Waals surface area contributed by atoms with E-state index in [4.69, 9.17) is 4.74 Å². The Balaban J connectivity index is 1.97. The summed E-state index contributed by atoms with van der Waals surface area (Å²) >= 11 is 1.31. The number of benzene rings is 2. The Morgan fingerprint density at radius 1 is 1.03 bits per heavy atom. The third-order valence-corrected chi connectivity index (χ3v) is 8.46. The molecule has 0 spiro atoms. The van der Waals surface area contributed by atoms with E-state index in [1.807, 2.05) is 52.8 Å². The van der Waals surface area contributed by atoms with Crippen LogP contribution in [-0.2, 0) is 26.1 Å². The summed E-state index contributed by atoms with van der Waals surface area (Å²) in [4.78, 5) is 30.2. The van der Waals surface area contributed by atoms with E-state index in [9.17, 15) is 18.0 Å². The lowest BCUT2D eigenvalue weighted by atomic mass is 10.2. The molecule has 0 aliphatic rings. The minimum absolute atomic E-state index is 0.0659. The number of aromatic nitrogens is 1. The van der Waals surface area contributed by atoms with Crippen LogP contribution in [0.1, 0.15) is 50.5 Å². The molecule has 200 valence electrons. The highest BCUT2D eigenvalue weighted by molar-refractivity contribution is 7.89. The molecule has 0 unspecified atom stereocenters. The second-order valence-electron chi connectivity index (χ2n) is 9.75. The molecule has 0 fully saturated rings. The molecule has 0 bridgehead atoms. The Bertz CT molecular complexity index is 1420. The molecular weight excluding hydrogens is 510 g/mol. The number of thiazole rings is 1. The second-order valence-corrected chi connectivity index (χ2v) is 12.7. The lowest BCUT2D eigenvalue weighted by Gasteiger charge is -2.25. The number of rotatable bonds is 10. The van der Waals surface area contributed by atoms with Crippen molar-refractivity contribution in [3.8, 4) is 0 Å². The molecule has 0 radical (unpaired) electrons. The summed E-state index contributed by atoms with van der Waals surface area (Å²) in [5.74, 6) is -0.577. The van der Waals surface area contributed by atoms with Crippen LogP contribution in [0.25, 0.3) is 10.2 Å². The maximum atomic E-state index is 13.3. The van der Waals surface area contributed by atoms with E-state index in [0.29, 0.717) is 17.9 Å². The van der Waals surface area contributed by atoms with Crippen molar-refractivity contribution in [2.24, 2.45) is 16.8 Å². The molecule has 10 heteroatoms. The molecule has 37 heavy (non-hydrogen) atoms. The number of hydrogen-bond acceptors (Lipinski definition) is 6. The van der Waals surface area contributed by atoms with Crippen molar-refractivity contribution in [2.45, 2.75) is 53.0 Å². The zero-order chi connectivity index (χ0) is 27.3. The summed E-state index contributed by atoms with van der Waals surface area (Å²) in [5.41, 5.74) is 2.04. The molecule has 0 saturated carbocycles. The number of aryl methyl sites for hydroxylation is 1. The quantitative estimate of drug-likeness (QED) is 0.346. The maximum absolute atomic E-state index is 13.3. The van der Waals surface area contributed by atoms with E-state index < -0.39 is 21.9 Å². The standard InChI is InChI=1S/C27H35N3O5S2/c1-7-35-24(31)17-30-25-20(6)9-8-10-23(25)36-27(30)28-26(32)21-11-13-22(14-12-21)37(33,34)29(15-18(2)3)16-19(4)5/h8-14,18-19H,7,15-17H2,1-6H3. The molecule has 2 aromatic carbocycles. The highest BCUT2D eigenvalue weighted by atomic mass is 32.2. The van der Waals surface area contributed by atoms with Crippen molar-refractivity contribution in [3.05, 3.63) is 58.4 Å². The number of esters is 1. The average Bonchev–Trinajstić information content (AvgIpc) is 3.16. The van der Waals surface area contributed by atoms with Gasteiger partial charge in [0.1, 0.15) is 6.54 Å². The smallest absolute Gasteiger partial charge is 0.326 e. The molecule has 8 nitrogen and oxygen atoms in total. The van der Waals surface area contributed by atoms with Gasteiger partial charge in [0, 0.05) is 18.7 Å². The summed E-state index contributed by atoms with van der Waals surface area (Å²) < 4.78 is 35.8. The van der Waals surface area contributed by atoms with Crippen molar-refractivity contribution in [1.82, 2.24) is 8.87 Å². The minimum Gasteiger partial charge on any atom is -0.465 e. The van der Waals surface area contributed by atoms with Crippen molar-refractivity contribution >= 4 is 43.5 Å². The SMILES string of the molecule is CCOC(=O)Cn1c(=NC(=O)c2ccc(S(=O)(=O)N(CC(C)C)CC(C)C)cc2)sc2cccc(C)c21. The number of carbonyl (C=O) groups is 2. The number of ether oxygens (including phenoxy) is 1. The Labute approximate surface area is 222 Å². The van der Waals surface area contributed by atoms with E-state index in [0.717, 1.165) is 15.8 Å². The van der Waals surface area contributed by atoms with Crippen molar-refractivity contribution in [3.63, 3.8) is 0 Å². The van der Waals surface area contributed by atoms with Gasteiger partial charge < -0.3 is 9.30 Å². The fourth-order valence-corrected chi connectivity index (χ4v) is 6.90. The van der Waals surface area contributed by atoms with Crippen LogP contribution in [0, 0.1) is 18.8 Å². The number of hydrogen-bond donors (Lipinski definition) is 0. The number of sulfonamides is 1. The molecular formula is C27H35N3O5S2. The molecule has 0 N–H and O–H groups in total. The molecule has 3 rings (SSSR count). The molecule has 1 aromatic heterocycles. The summed E-state index contributed by atoms with van der Waals surface area (Å²) in [6.45, 7) is 12.6. The van der Waals surface area contributed by atoms with Crippen LogP contribution in [0.15, 0.2) is 52.4 Å². The highest BCUT2D eigenvalue weighted by Crippen LogP contribution is 2.22. The lowest BCUT2D eigenvalue weighted by Crippen LogP contribution is -2.37. The van der Waals surface area contributed by atoms with Gasteiger partial charge in [-0.25, -0.2) is 8.42 Å². The van der Waals surface area contributed by atoms with Crippen LogP contribution >= 0.6 is 11.3 Å². The largest absolute Gasteiger partial charge is 0.465 e. The maximum Gasteiger partial charge on any atom is 0.326 e. The summed E-state index contributed by atoms with van der Waals surface area (Å²) in [6.07, 6.45) is 0. The van der Waals surface area contributed by atoms with Crippen LogP contribution in [0.4, 0.5) is 0 Å². The van der Waals surface area contributed by atoms with Crippen molar-refractivity contribution < 1.29 is 22.7 Å². The Morgan fingerprint density at radius 2 is 1.65 bits per heavy atom. The molecule has 1 heterocycles. The number of para-hydroxylation sites is 1. The van der Waals surface area contributed by atoms with E-state index in [-0.39, 0.29) is 35.4 Å². The van der Waals surface area contributed by atoms with E-state index in [1.165, 1.54) is 39.9 Å². The van der Waals surface area contributed by atoms with Crippen LogP contribution in [0.3, 0.4) is 0 Å². The third-order valence-electron chi connectivity index (χ3n) is 5.57. The van der Waals surface area contributed by atoms with Gasteiger partial charge in [0.05, 0.1) is 21.7 Å². The zero-order valence-electron chi connectivity index (χ0n) is 22.2.